The van der Waals surface area contributed by atoms with Crippen molar-refractivity contribution in [2.45, 2.75) is 25.4 Å². The number of hydrogen-bond donors (Lipinski definition) is 1. The molecule has 1 unspecified atom stereocenters. The Balaban J connectivity index is 1.41. The molecule has 1 saturated carbocycles. The highest BCUT2D eigenvalue weighted by Crippen LogP contribution is 2.57. The summed E-state index contributed by atoms with van der Waals surface area (Å²) >= 11 is 0. The van der Waals surface area contributed by atoms with Gasteiger partial charge >= 0.3 is 0 Å². The van der Waals surface area contributed by atoms with Gasteiger partial charge in [0.05, 0.1) is 13.7 Å². The van der Waals surface area contributed by atoms with Gasteiger partial charge in [-0.05, 0) is 54.2 Å². The van der Waals surface area contributed by atoms with Gasteiger partial charge in [-0.1, -0.05) is 53.1 Å². The third-order valence-corrected chi connectivity index (χ3v) is 8.02. The lowest BCUT2D eigenvalue weighted by Gasteiger charge is -2.38. The maximum atomic E-state index is 12.9. The van der Waals surface area contributed by atoms with Crippen molar-refractivity contribution in [3.63, 3.8) is 0 Å². The van der Waals surface area contributed by atoms with Gasteiger partial charge in [-0.25, -0.2) is 0 Å². The lowest BCUT2D eigenvalue weighted by molar-refractivity contribution is 0.0977. The number of carbonyl (C=O) groups is 1. The summed E-state index contributed by atoms with van der Waals surface area (Å²) in [4.78, 5) is 17.0. The number of carbonyl (C=O) groups excluding carboxylic acids is 1. The molecule has 1 amide bonds. The molecule has 0 bridgehead atoms. The second-order valence-electron chi connectivity index (χ2n) is 7.81. The van der Waals surface area contributed by atoms with Crippen LogP contribution in [0.25, 0.3) is 0 Å². The Morgan fingerprint density at radius 2 is 1.73 bits per heavy atom. The number of amides is 1. The van der Waals surface area contributed by atoms with E-state index in [4.69, 9.17) is 8.37 Å². The Morgan fingerprint density at radius 3 is 2.39 bits per heavy atom. The van der Waals surface area contributed by atoms with Gasteiger partial charge in [-0.2, -0.15) is 0 Å². The Labute approximate surface area is 194 Å². The number of hydrogen-bond acceptors (Lipinski definition) is 6. The Kier molecular flexibility index (Phi) is 6.04. The van der Waals surface area contributed by atoms with Crippen molar-refractivity contribution in [2.75, 3.05) is 7.11 Å². The summed E-state index contributed by atoms with van der Waals surface area (Å²) in [6.45, 7) is 0.290. The largest absolute Gasteiger partial charge is 0.291 e. The number of pyridine rings is 1. The second kappa shape index (κ2) is 9.27. The van der Waals surface area contributed by atoms with Crippen molar-refractivity contribution < 1.29 is 13.2 Å². The van der Waals surface area contributed by atoms with E-state index in [1.807, 2.05) is 30.3 Å². The average Bonchev–Trinajstić information content (AvgIpc) is 3.67. The number of benzene rings is 2. The lowest BCUT2D eigenvalue weighted by atomic mass is 10.1. The molecule has 1 aromatic heterocycles. The van der Waals surface area contributed by atoms with Gasteiger partial charge in [0, 0.05) is 23.5 Å². The molecule has 33 heavy (non-hydrogen) atoms. The lowest BCUT2D eigenvalue weighted by Crippen LogP contribution is -2.36. The molecule has 0 radical (unpaired) electrons. The summed E-state index contributed by atoms with van der Waals surface area (Å²) in [6, 6.07) is 21.1. The van der Waals surface area contributed by atoms with Crippen LogP contribution in [0.2, 0.25) is 0 Å². The molecule has 0 saturated heterocycles. The van der Waals surface area contributed by atoms with Crippen LogP contribution in [0.15, 0.2) is 89.3 Å². The van der Waals surface area contributed by atoms with E-state index in [9.17, 15) is 4.79 Å². The first-order chi connectivity index (χ1) is 16.2. The zero-order valence-corrected chi connectivity index (χ0v) is 19.0. The highest BCUT2D eigenvalue weighted by Gasteiger charge is 2.40. The first kappa shape index (κ1) is 21.5. The second-order valence-corrected chi connectivity index (χ2v) is 10.2. The predicted molar refractivity (Wildman–Crippen MR) is 130 cm³/mol. The molecule has 1 aliphatic carbocycles. The van der Waals surface area contributed by atoms with Gasteiger partial charge in [0.25, 0.3) is 5.91 Å². The fourth-order valence-corrected chi connectivity index (χ4v) is 5.71. The van der Waals surface area contributed by atoms with Crippen LogP contribution in [0.4, 0.5) is 0 Å². The Morgan fingerprint density at radius 1 is 1.00 bits per heavy atom. The summed E-state index contributed by atoms with van der Waals surface area (Å²) in [5.41, 5.74) is 3.67. The zero-order valence-electron chi connectivity index (χ0n) is 18.2. The maximum absolute atomic E-state index is 12.9. The quantitative estimate of drug-likeness (QED) is 0.542. The standard InChI is InChI=1S/C25H24N4O3S/c1-31-33(32-17-18-7-9-19(10-8-18)20-11-12-20)24(22-13-15-26-16-14-22)28-29-25(33)27-23(30)21-5-3-2-4-6-21/h2-10,13-16,20H,11-12,17H2,1H3,(H,27,29,30). The molecule has 5 rings (SSSR count). The van der Waals surface area contributed by atoms with Crippen LogP contribution >= 0.6 is 10.6 Å². The fourth-order valence-electron chi connectivity index (χ4n) is 3.62. The third-order valence-electron chi connectivity index (χ3n) is 5.58. The normalized spacial score (nSPS) is 21.6. The molecule has 3 aromatic rings. The minimum absolute atomic E-state index is 0.264. The Hall–Kier alpha value is -3.33. The van der Waals surface area contributed by atoms with Crippen molar-refractivity contribution in [1.82, 2.24) is 10.3 Å². The molecule has 2 aromatic carbocycles. The third kappa shape index (κ3) is 4.45. The molecule has 168 valence electrons. The van der Waals surface area contributed by atoms with Gasteiger partial charge in [-0.3, -0.25) is 23.5 Å². The summed E-state index contributed by atoms with van der Waals surface area (Å²) < 4.78 is 12.4. The molecule has 2 aliphatic rings. The highest BCUT2D eigenvalue weighted by atomic mass is 32.3. The van der Waals surface area contributed by atoms with Gasteiger partial charge in [0.1, 0.15) is 0 Å². The monoisotopic (exact) mass is 460 g/mol. The van der Waals surface area contributed by atoms with Crippen LogP contribution in [0.1, 0.15) is 45.8 Å². The number of amidine groups is 1. The van der Waals surface area contributed by atoms with Gasteiger partial charge in [-0.15, -0.1) is 10.2 Å². The molecule has 1 atom stereocenters. The van der Waals surface area contributed by atoms with Gasteiger partial charge in [0.2, 0.25) is 5.17 Å². The predicted octanol–water partition coefficient (Wildman–Crippen LogP) is 4.92. The SMILES string of the molecule is COS1(OCc2ccc(C3CC3)cc2)C(NC(=O)c2ccccc2)=NN=C1c1ccncc1. The van der Waals surface area contributed by atoms with E-state index in [1.54, 1.807) is 31.6 Å². The van der Waals surface area contributed by atoms with Crippen molar-refractivity contribution in [2.24, 2.45) is 10.2 Å². The Bertz CT molecular complexity index is 1200. The van der Waals surface area contributed by atoms with E-state index in [0.717, 1.165) is 11.1 Å². The van der Waals surface area contributed by atoms with Crippen molar-refractivity contribution in [3.05, 3.63) is 101 Å². The number of nitrogens with zero attached hydrogens (tertiary/aromatic N) is 3. The summed E-state index contributed by atoms with van der Waals surface area (Å²) in [5.74, 6) is 0.398. The number of nitrogens with one attached hydrogen (secondary N) is 1. The van der Waals surface area contributed by atoms with E-state index >= 15 is 0 Å². The molecule has 2 heterocycles. The fraction of sp³-hybridized carbons (Fsp3) is 0.200. The first-order valence-electron chi connectivity index (χ1n) is 10.7. The smallest absolute Gasteiger partial charge is 0.257 e. The van der Waals surface area contributed by atoms with Crippen molar-refractivity contribution in [1.29, 1.82) is 0 Å². The first-order valence-corrected chi connectivity index (χ1v) is 12.2. The minimum atomic E-state index is -2.61. The minimum Gasteiger partial charge on any atom is -0.291 e. The molecule has 0 spiro atoms. The molecule has 1 N–H and O–H groups in total. The van der Waals surface area contributed by atoms with Crippen LogP contribution in [-0.2, 0) is 15.0 Å². The molecule has 8 heteroatoms. The van der Waals surface area contributed by atoms with E-state index in [1.165, 1.54) is 18.4 Å². The average molecular weight is 461 g/mol. The summed E-state index contributed by atoms with van der Waals surface area (Å²) in [6.07, 6.45) is 5.88. The molecular formula is C25H24N4O3S. The van der Waals surface area contributed by atoms with Crippen molar-refractivity contribution in [3.8, 4) is 0 Å². The molecule has 1 aliphatic heterocycles. The number of rotatable bonds is 7. The van der Waals surface area contributed by atoms with Crippen LogP contribution in [0.3, 0.4) is 0 Å². The van der Waals surface area contributed by atoms with Gasteiger partial charge in [0.15, 0.2) is 5.04 Å². The van der Waals surface area contributed by atoms with Crippen LogP contribution in [-0.4, -0.2) is 28.2 Å². The molecule has 7 nitrogen and oxygen atoms in total. The number of aromatic nitrogens is 1. The zero-order chi connectivity index (χ0) is 22.7. The molecular weight excluding hydrogens is 436 g/mol. The van der Waals surface area contributed by atoms with E-state index in [0.29, 0.717) is 23.1 Å². The topological polar surface area (TPSA) is 85.2 Å². The van der Waals surface area contributed by atoms with Crippen molar-refractivity contribution >= 4 is 26.7 Å². The summed E-state index contributed by atoms with van der Waals surface area (Å²) in [5, 5.41) is 12.3. The van der Waals surface area contributed by atoms with Crippen LogP contribution < -0.4 is 5.32 Å². The maximum Gasteiger partial charge on any atom is 0.257 e. The molecule has 1 fully saturated rings. The van der Waals surface area contributed by atoms with E-state index in [-0.39, 0.29) is 11.1 Å². The van der Waals surface area contributed by atoms with Crippen LogP contribution in [0.5, 0.6) is 0 Å². The van der Waals surface area contributed by atoms with E-state index in [2.05, 4.69) is 44.8 Å². The summed E-state index contributed by atoms with van der Waals surface area (Å²) in [7, 11) is -1.06. The van der Waals surface area contributed by atoms with Crippen LogP contribution in [0, 0.1) is 0 Å². The van der Waals surface area contributed by atoms with Gasteiger partial charge < -0.3 is 0 Å². The highest BCUT2D eigenvalue weighted by molar-refractivity contribution is 8.49. The van der Waals surface area contributed by atoms with E-state index < -0.39 is 10.6 Å².